The summed E-state index contributed by atoms with van der Waals surface area (Å²) in [5.41, 5.74) is 4.59. The van der Waals surface area contributed by atoms with Gasteiger partial charge in [-0.2, -0.15) is 0 Å². The van der Waals surface area contributed by atoms with Gasteiger partial charge in [-0.3, -0.25) is 0 Å². The number of benzene rings is 1. The second kappa shape index (κ2) is 8.57. The molecule has 0 saturated carbocycles. The fourth-order valence-corrected chi connectivity index (χ4v) is 4.79. The molecular weight excluding hydrogens is 372 g/mol. The molecule has 1 fully saturated rings. The zero-order chi connectivity index (χ0) is 20.3. The molecule has 152 valence electrons. The van der Waals surface area contributed by atoms with Crippen molar-refractivity contribution in [3.05, 3.63) is 52.5 Å². The quantitative estimate of drug-likeness (QED) is 0.769. The van der Waals surface area contributed by atoms with Crippen LogP contribution in [0.2, 0.25) is 0 Å². The molecule has 6 nitrogen and oxygen atoms in total. The van der Waals surface area contributed by atoms with Crippen LogP contribution in [0.3, 0.4) is 0 Å². The third kappa shape index (κ3) is 4.70. The van der Waals surface area contributed by atoms with Gasteiger partial charge >= 0.3 is 0 Å². The number of rotatable bonds is 5. The molecule has 0 N–H and O–H groups in total. The average Bonchev–Trinajstić information content (AvgIpc) is 2.92. The first kappa shape index (κ1) is 20.7. The molecule has 7 heteroatoms. The maximum Gasteiger partial charge on any atom is 0.213 e. The first-order valence-electron chi connectivity index (χ1n) is 9.92. The summed E-state index contributed by atoms with van der Waals surface area (Å²) in [5, 5.41) is 0. The number of anilines is 1. The maximum absolute atomic E-state index is 12.3. The van der Waals surface area contributed by atoms with Crippen molar-refractivity contribution in [1.29, 1.82) is 0 Å². The van der Waals surface area contributed by atoms with Gasteiger partial charge in [-0.15, -0.1) is 0 Å². The van der Waals surface area contributed by atoms with Gasteiger partial charge < -0.3 is 4.90 Å². The minimum atomic E-state index is -3.16. The van der Waals surface area contributed by atoms with E-state index < -0.39 is 10.0 Å². The molecule has 0 aliphatic carbocycles. The topological polar surface area (TPSA) is 66.4 Å². The molecule has 0 atom stereocenters. The first-order chi connectivity index (χ1) is 13.3. The highest BCUT2D eigenvalue weighted by molar-refractivity contribution is 7.89. The van der Waals surface area contributed by atoms with E-state index in [4.69, 9.17) is 4.98 Å². The molecule has 1 saturated heterocycles. The van der Waals surface area contributed by atoms with Crippen LogP contribution in [-0.4, -0.2) is 54.6 Å². The summed E-state index contributed by atoms with van der Waals surface area (Å²) in [6.07, 6.45) is 1.57. The number of hydrogen-bond acceptors (Lipinski definition) is 5. The van der Waals surface area contributed by atoms with E-state index in [9.17, 15) is 8.42 Å². The Balaban J connectivity index is 1.89. The molecule has 0 radical (unpaired) electrons. The van der Waals surface area contributed by atoms with Gasteiger partial charge in [0.1, 0.15) is 11.6 Å². The van der Waals surface area contributed by atoms with Crippen LogP contribution in [-0.2, 0) is 16.4 Å². The van der Waals surface area contributed by atoms with Crippen molar-refractivity contribution < 1.29 is 8.42 Å². The Kier molecular flexibility index (Phi) is 6.35. The number of aromatic nitrogens is 2. The highest BCUT2D eigenvalue weighted by atomic mass is 32.2. The maximum atomic E-state index is 12.3. The van der Waals surface area contributed by atoms with E-state index in [1.54, 1.807) is 11.2 Å². The van der Waals surface area contributed by atoms with Gasteiger partial charge in [0.2, 0.25) is 10.0 Å². The highest BCUT2D eigenvalue weighted by Gasteiger charge is 2.25. The largest absolute Gasteiger partial charge is 0.355 e. The van der Waals surface area contributed by atoms with Crippen LogP contribution in [0.4, 0.5) is 5.82 Å². The van der Waals surface area contributed by atoms with Crippen LogP contribution in [0.25, 0.3) is 0 Å². The predicted octanol–water partition coefficient (Wildman–Crippen LogP) is 2.85. The standard InChI is InChI=1S/C21H30N4O2S/c1-5-28(26,27)25-12-6-11-24(13-14-25)21-20(17(3)22-18(4)23-21)15-19-9-7-16(2)8-10-19/h7-10H,5-6,11-15H2,1-4H3. The van der Waals surface area contributed by atoms with Crippen LogP contribution < -0.4 is 4.90 Å². The smallest absolute Gasteiger partial charge is 0.213 e. The number of sulfonamides is 1. The average molecular weight is 403 g/mol. The zero-order valence-electron chi connectivity index (χ0n) is 17.3. The van der Waals surface area contributed by atoms with Gasteiger partial charge in [-0.25, -0.2) is 22.7 Å². The Bertz CT molecular complexity index is 926. The number of aryl methyl sites for hydroxylation is 3. The lowest BCUT2D eigenvalue weighted by Gasteiger charge is -2.26. The predicted molar refractivity (Wildman–Crippen MR) is 113 cm³/mol. The van der Waals surface area contributed by atoms with Crippen LogP contribution >= 0.6 is 0 Å². The van der Waals surface area contributed by atoms with E-state index in [2.05, 4.69) is 41.1 Å². The van der Waals surface area contributed by atoms with Crippen molar-refractivity contribution in [1.82, 2.24) is 14.3 Å². The Labute approximate surface area is 168 Å². The molecule has 0 unspecified atom stereocenters. The second-order valence-electron chi connectivity index (χ2n) is 7.46. The van der Waals surface area contributed by atoms with E-state index in [1.807, 2.05) is 13.8 Å². The van der Waals surface area contributed by atoms with Gasteiger partial charge in [0.05, 0.1) is 5.75 Å². The van der Waals surface area contributed by atoms with Crippen molar-refractivity contribution >= 4 is 15.8 Å². The molecule has 0 bridgehead atoms. The summed E-state index contributed by atoms with van der Waals surface area (Å²) in [4.78, 5) is 11.6. The third-order valence-corrected chi connectivity index (χ3v) is 7.20. The number of hydrogen-bond donors (Lipinski definition) is 0. The van der Waals surface area contributed by atoms with E-state index >= 15 is 0 Å². The van der Waals surface area contributed by atoms with Crippen LogP contribution in [0.1, 0.15) is 41.6 Å². The molecular formula is C21H30N4O2S. The van der Waals surface area contributed by atoms with Crippen LogP contribution in [0, 0.1) is 20.8 Å². The Hall–Kier alpha value is -1.99. The summed E-state index contributed by atoms with van der Waals surface area (Å²) in [7, 11) is -3.16. The lowest BCUT2D eigenvalue weighted by Crippen LogP contribution is -2.36. The Morgan fingerprint density at radius 2 is 1.68 bits per heavy atom. The zero-order valence-corrected chi connectivity index (χ0v) is 18.1. The van der Waals surface area contributed by atoms with Crippen LogP contribution in [0.5, 0.6) is 0 Å². The normalized spacial score (nSPS) is 16.2. The Morgan fingerprint density at radius 1 is 0.964 bits per heavy atom. The van der Waals surface area contributed by atoms with Crippen LogP contribution in [0.15, 0.2) is 24.3 Å². The van der Waals surface area contributed by atoms with Crippen molar-refractivity contribution in [2.75, 3.05) is 36.8 Å². The van der Waals surface area contributed by atoms with Gasteiger partial charge in [0.25, 0.3) is 0 Å². The van der Waals surface area contributed by atoms with Crippen molar-refractivity contribution in [3.8, 4) is 0 Å². The molecule has 2 heterocycles. The van der Waals surface area contributed by atoms with Crippen molar-refractivity contribution in [2.24, 2.45) is 0 Å². The molecule has 28 heavy (non-hydrogen) atoms. The summed E-state index contributed by atoms with van der Waals surface area (Å²) < 4.78 is 26.2. The first-order valence-corrected chi connectivity index (χ1v) is 11.5. The monoisotopic (exact) mass is 402 g/mol. The lowest BCUT2D eigenvalue weighted by atomic mass is 10.0. The summed E-state index contributed by atoms with van der Waals surface area (Å²) in [6.45, 7) is 10.3. The summed E-state index contributed by atoms with van der Waals surface area (Å²) >= 11 is 0. The Morgan fingerprint density at radius 3 is 2.36 bits per heavy atom. The molecule has 1 aromatic carbocycles. The fraction of sp³-hybridized carbons (Fsp3) is 0.524. The van der Waals surface area contributed by atoms with E-state index in [-0.39, 0.29) is 5.75 Å². The summed E-state index contributed by atoms with van der Waals surface area (Å²) in [5.74, 6) is 1.85. The molecule has 2 aromatic rings. The molecule has 3 rings (SSSR count). The van der Waals surface area contributed by atoms with Gasteiger partial charge in [-0.05, 0) is 39.7 Å². The molecule has 1 aliphatic rings. The minimum absolute atomic E-state index is 0.150. The molecule has 1 aliphatic heterocycles. The SMILES string of the molecule is CCS(=O)(=O)N1CCCN(c2nc(C)nc(C)c2Cc2ccc(C)cc2)CC1. The van der Waals surface area contributed by atoms with Crippen molar-refractivity contribution in [2.45, 2.75) is 40.5 Å². The summed E-state index contributed by atoms with van der Waals surface area (Å²) in [6, 6.07) is 8.55. The minimum Gasteiger partial charge on any atom is -0.355 e. The molecule has 1 aromatic heterocycles. The third-order valence-electron chi connectivity index (χ3n) is 5.32. The number of nitrogens with zero attached hydrogens (tertiary/aromatic N) is 4. The second-order valence-corrected chi connectivity index (χ2v) is 9.72. The van der Waals surface area contributed by atoms with E-state index in [0.29, 0.717) is 19.6 Å². The van der Waals surface area contributed by atoms with Gasteiger partial charge in [0, 0.05) is 43.9 Å². The lowest BCUT2D eigenvalue weighted by molar-refractivity contribution is 0.434. The molecule has 0 spiro atoms. The van der Waals surface area contributed by atoms with Gasteiger partial charge in [0.15, 0.2) is 0 Å². The molecule has 0 amide bonds. The van der Waals surface area contributed by atoms with Crippen molar-refractivity contribution in [3.63, 3.8) is 0 Å². The van der Waals surface area contributed by atoms with E-state index in [1.165, 1.54) is 11.1 Å². The van der Waals surface area contributed by atoms with Gasteiger partial charge in [-0.1, -0.05) is 29.8 Å². The highest BCUT2D eigenvalue weighted by Crippen LogP contribution is 2.25. The van der Waals surface area contributed by atoms with E-state index in [0.717, 1.165) is 42.3 Å². The fourth-order valence-electron chi connectivity index (χ4n) is 3.66.